The number of rotatable bonds is 14. The summed E-state index contributed by atoms with van der Waals surface area (Å²) in [5.74, 6) is -0.501. The van der Waals surface area contributed by atoms with Gasteiger partial charge in [-0.05, 0) is 32.3 Å². The van der Waals surface area contributed by atoms with Gasteiger partial charge in [0.1, 0.15) is 12.4 Å². The Bertz CT molecular complexity index is 432. The van der Waals surface area contributed by atoms with Crippen molar-refractivity contribution in [1.29, 1.82) is 0 Å². The van der Waals surface area contributed by atoms with Gasteiger partial charge >= 0.3 is 5.97 Å². The van der Waals surface area contributed by atoms with Crippen molar-refractivity contribution in [2.75, 3.05) is 32.9 Å². The fraction of sp³-hybridized carbons (Fsp3) is 0.842. The number of carboxylic acids is 1. The van der Waals surface area contributed by atoms with Crippen molar-refractivity contribution in [2.45, 2.75) is 69.9 Å². The Kier molecular flexibility index (Phi) is 11.9. The van der Waals surface area contributed by atoms with Crippen molar-refractivity contribution >= 4 is 17.6 Å². The molecule has 0 aromatic heterocycles. The lowest BCUT2D eigenvalue weighted by Gasteiger charge is -2.27. The van der Waals surface area contributed by atoms with Crippen LogP contribution in [0.1, 0.15) is 52.4 Å². The number of unbranched alkanes of at least 4 members (excludes halogenated alkanes) is 2. The highest BCUT2D eigenvalue weighted by Gasteiger charge is 2.32. The molecule has 0 aromatic rings. The van der Waals surface area contributed by atoms with Crippen molar-refractivity contribution in [2.24, 2.45) is 0 Å². The molecule has 1 heterocycles. The van der Waals surface area contributed by atoms with Gasteiger partial charge < -0.3 is 19.7 Å². The molecule has 0 radical (unpaired) electrons. The van der Waals surface area contributed by atoms with Crippen LogP contribution in [0.25, 0.3) is 0 Å². The number of carboxylic acid groups (broad SMARTS) is 1. The molecule has 1 rings (SSSR count). The van der Waals surface area contributed by atoms with E-state index in [2.05, 4.69) is 11.8 Å². The summed E-state index contributed by atoms with van der Waals surface area (Å²) < 4.78 is 10.9. The summed E-state index contributed by atoms with van der Waals surface area (Å²) in [4.78, 5) is 12.8. The van der Waals surface area contributed by atoms with Gasteiger partial charge in [0.25, 0.3) is 0 Å². The number of halogens is 1. The number of allylic oxidation sites excluding steroid dienone is 1. The number of hydrogen-bond acceptors (Lipinski definition) is 5. The lowest BCUT2D eigenvalue weighted by atomic mass is 10.1. The molecule has 152 valence electrons. The molecule has 0 aromatic carbocycles. The molecule has 26 heavy (non-hydrogen) atoms. The van der Waals surface area contributed by atoms with E-state index in [4.69, 9.17) is 26.2 Å². The first-order valence-electron chi connectivity index (χ1n) is 9.61. The maximum atomic E-state index is 10.6. The van der Waals surface area contributed by atoms with Gasteiger partial charge in [-0.15, -0.1) is 11.6 Å². The third-order valence-electron chi connectivity index (χ3n) is 4.70. The minimum atomic E-state index is -1.01. The third kappa shape index (κ3) is 9.21. The van der Waals surface area contributed by atoms with Crippen LogP contribution in [-0.4, -0.2) is 71.5 Å². The third-order valence-corrected chi connectivity index (χ3v) is 5.21. The highest BCUT2D eigenvalue weighted by atomic mass is 35.5. The fourth-order valence-corrected chi connectivity index (χ4v) is 3.43. The largest absolute Gasteiger partial charge is 0.484 e. The van der Waals surface area contributed by atoms with Crippen molar-refractivity contribution in [1.82, 2.24) is 4.90 Å². The SMILES string of the molecule is C/C=C(/COC[C@H]1C(Cl)CCN1CC[C@H](O)CCCCC)OCC(=O)O. The molecular weight excluding hydrogens is 358 g/mol. The Morgan fingerprint density at radius 3 is 2.77 bits per heavy atom. The average molecular weight is 392 g/mol. The van der Waals surface area contributed by atoms with Gasteiger partial charge in [0.15, 0.2) is 6.61 Å². The zero-order valence-corrected chi connectivity index (χ0v) is 16.8. The topological polar surface area (TPSA) is 79.2 Å². The second-order valence-corrected chi connectivity index (χ2v) is 7.36. The maximum absolute atomic E-state index is 10.6. The number of hydrogen-bond donors (Lipinski definition) is 2. The number of carbonyl (C=O) groups is 1. The van der Waals surface area contributed by atoms with Crippen LogP contribution in [0.15, 0.2) is 11.8 Å². The number of nitrogens with zero attached hydrogens (tertiary/aromatic N) is 1. The highest BCUT2D eigenvalue weighted by molar-refractivity contribution is 6.21. The first-order chi connectivity index (χ1) is 12.5. The standard InChI is InChI=1S/C19H34ClNO5/c1-3-5-6-7-15(22)8-10-21-11-9-17(20)18(21)13-25-12-16(4-2)26-14-19(23)24/h4,15,17-18,22H,3,5-14H2,1-2H3,(H,23,24)/b16-4-/t15-,17?,18+/m1/s1. The predicted octanol–water partition coefficient (Wildman–Crippen LogP) is 3.02. The van der Waals surface area contributed by atoms with E-state index in [-0.39, 0.29) is 30.7 Å². The van der Waals surface area contributed by atoms with Crippen LogP contribution in [0, 0.1) is 0 Å². The molecule has 1 unspecified atom stereocenters. The van der Waals surface area contributed by atoms with E-state index in [1.807, 2.05) is 0 Å². The summed E-state index contributed by atoms with van der Waals surface area (Å²) in [6.45, 7) is 6.00. The summed E-state index contributed by atoms with van der Waals surface area (Å²) in [5, 5.41) is 18.8. The van der Waals surface area contributed by atoms with E-state index < -0.39 is 5.97 Å². The lowest BCUT2D eigenvalue weighted by molar-refractivity contribution is -0.141. The van der Waals surface area contributed by atoms with Gasteiger partial charge in [-0.3, -0.25) is 4.90 Å². The van der Waals surface area contributed by atoms with Crippen LogP contribution in [0.3, 0.4) is 0 Å². The number of ether oxygens (including phenoxy) is 2. The molecule has 2 N–H and O–H groups in total. The zero-order chi connectivity index (χ0) is 19.4. The Morgan fingerprint density at radius 1 is 1.35 bits per heavy atom. The fourth-order valence-electron chi connectivity index (χ4n) is 3.10. The molecule has 0 saturated carbocycles. The van der Waals surface area contributed by atoms with Gasteiger partial charge in [0, 0.05) is 19.1 Å². The normalized spacial score (nSPS) is 22.5. The van der Waals surface area contributed by atoms with Crippen LogP contribution in [-0.2, 0) is 14.3 Å². The van der Waals surface area contributed by atoms with Crippen molar-refractivity contribution in [3.05, 3.63) is 11.8 Å². The number of aliphatic hydroxyl groups is 1. The molecule has 6 nitrogen and oxygen atoms in total. The number of aliphatic carboxylic acids is 1. The summed E-state index contributed by atoms with van der Waals surface area (Å²) in [5.41, 5.74) is 0. The molecule has 7 heteroatoms. The first kappa shape index (κ1) is 23.2. The molecule has 1 fully saturated rings. The molecule has 0 spiro atoms. The van der Waals surface area contributed by atoms with Crippen LogP contribution in [0.4, 0.5) is 0 Å². The monoisotopic (exact) mass is 391 g/mol. The Hall–Kier alpha value is -0.820. The Morgan fingerprint density at radius 2 is 2.12 bits per heavy atom. The summed E-state index contributed by atoms with van der Waals surface area (Å²) in [6.07, 6.45) is 7.38. The molecule has 0 amide bonds. The molecule has 0 aliphatic carbocycles. The minimum Gasteiger partial charge on any atom is -0.484 e. The second-order valence-electron chi connectivity index (χ2n) is 6.80. The van der Waals surface area contributed by atoms with E-state index in [0.717, 1.165) is 51.6 Å². The summed E-state index contributed by atoms with van der Waals surface area (Å²) in [6, 6.07) is 0.108. The van der Waals surface area contributed by atoms with Gasteiger partial charge in [-0.2, -0.15) is 0 Å². The Balaban J connectivity index is 2.32. The van der Waals surface area contributed by atoms with Gasteiger partial charge in [0.05, 0.1) is 18.1 Å². The molecule has 1 aliphatic heterocycles. The lowest BCUT2D eigenvalue weighted by Crippen LogP contribution is -2.39. The van der Waals surface area contributed by atoms with Gasteiger partial charge in [-0.1, -0.05) is 26.2 Å². The van der Waals surface area contributed by atoms with E-state index >= 15 is 0 Å². The predicted molar refractivity (Wildman–Crippen MR) is 103 cm³/mol. The smallest absolute Gasteiger partial charge is 0.341 e. The van der Waals surface area contributed by atoms with Crippen LogP contribution in [0.5, 0.6) is 0 Å². The second kappa shape index (κ2) is 13.4. The quantitative estimate of drug-likeness (QED) is 0.269. The average Bonchev–Trinajstić information content (AvgIpc) is 2.96. The van der Waals surface area contributed by atoms with Crippen LogP contribution >= 0.6 is 11.6 Å². The molecular formula is C19H34ClNO5. The van der Waals surface area contributed by atoms with Crippen molar-refractivity contribution in [3.8, 4) is 0 Å². The number of alkyl halides is 1. The van der Waals surface area contributed by atoms with Gasteiger partial charge in [-0.25, -0.2) is 4.79 Å². The van der Waals surface area contributed by atoms with E-state index in [0.29, 0.717) is 12.4 Å². The highest BCUT2D eigenvalue weighted by Crippen LogP contribution is 2.24. The number of likely N-dealkylation sites (tertiary alicyclic amines) is 1. The van der Waals surface area contributed by atoms with Crippen LogP contribution in [0.2, 0.25) is 0 Å². The molecule has 1 saturated heterocycles. The summed E-state index contributed by atoms with van der Waals surface area (Å²) in [7, 11) is 0. The summed E-state index contributed by atoms with van der Waals surface area (Å²) >= 11 is 6.43. The van der Waals surface area contributed by atoms with Crippen molar-refractivity contribution in [3.63, 3.8) is 0 Å². The van der Waals surface area contributed by atoms with E-state index in [9.17, 15) is 9.90 Å². The first-order valence-corrected chi connectivity index (χ1v) is 10.0. The zero-order valence-electron chi connectivity index (χ0n) is 16.0. The van der Waals surface area contributed by atoms with Crippen molar-refractivity contribution < 1.29 is 24.5 Å². The van der Waals surface area contributed by atoms with Crippen LogP contribution < -0.4 is 0 Å². The maximum Gasteiger partial charge on any atom is 0.341 e. The minimum absolute atomic E-state index is 0.0289. The number of aliphatic hydroxyl groups excluding tert-OH is 1. The van der Waals surface area contributed by atoms with E-state index in [1.165, 1.54) is 0 Å². The Labute approximate surface area is 162 Å². The molecule has 3 atom stereocenters. The molecule has 0 bridgehead atoms. The van der Waals surface area contributed by atoms with E-state index in [1.54, 1.807) is 13.0 Å². The molecule has 1 aliphatic rings. The van der Waals surface area contributed by atoms with Gasteiger partial charge in [0.2, 0.25) is 0 Å².